The first-order chi connectivity index (χ1) is 15.9. The van der Waals surface area contributed by atoms with Crippen molar-refractivity contribution in [1.82, 2.24) is 10.5 Å². The maximum absolute atomic E-state index is 12.7. The van der Waals surface area contributed by atoms with E-state index in [1.165, 1.54) is 36.8 Å². The van der Waals surface area contributed by atoms with Gasteiger partial charge < -0.3 is 5.32 Å². The zero-order valence-electron chi connectivity index (χ0n) is 18.2. The minimum Gasteiger partial charge on any atom is -0.322 e. The predicted octanol–water partition coefficient (Wildman–Crippen LogP) is 4.49. The zero-order valence-corrected chi connectivity index (χ0v) is 20.5. The molecular weight excluding hydrogens is 501 g/mol. The number of hydrogen-bond donors (Lipinski definition) is 3. The van der Waals surface area contributed by atoms with Gasteiger partial charge >= 0.3 is 0 Å². The van der Waals surface area contributed by atoms with Crippen LogP contribution >= 0.6 is 23.2 Å². The summed E-state index contributed by atoms with van der Waals surface area (Å²) in [6.07, 6.45) is 7.72. The molecule has 0 saturated heterocycles. The Morgan fingerprint density at radius 3 is 2.44 bits per heavy atom. The van der Waals surface area contributed by atoms with E-state index in [9.17, 15) is 18.0 Å². The topological polar surface area (TPSA) is 125 Å². The third-order valence-electron chi connectivity index (χ3n) is 4.43. The van der Waals surface area contributed by atoms with Crippen LogP contribution in [0.3, 0.4) is 0 Å². The standard InChI is InChI=1S/C23H21Cl2N3O5S/c1-14(34(3,32)33)4-8-18(15(2)24)23(30)27-17-7-9-20(25)19(12-17)21-10-5-16(13-26-21)6-11-22(29)28-31/h4-13,31H,2H2,1,3H3,(H,27,30)(H,28,29)/b11-6+,14-4+,18-8+. The number of amides is 2. The smallest absolute Gasteiger partial charge is 0.267 e. The molecule has 0 atom stereocenters. The number of carbonyl (C=O) groups excluding carboxylic acids is 2. The summed E-state index contributed by atoms with van der Waals surface area (Å²) in [5.74, 6) is -1.27. The molecule has 2 amide bonds. The minimum atomic E-state index is -3.41. The molecule has 0 spiro atoms. The van der Waals surface area contributed by atoms with Gasteiger partial charge in [-0.25, -0.2) is 13.9 Å². The molecule has 1 heterocycles. The van der Waals surface area contributed by atoms with Gasteiger partial charge in [0.2, 0.25) is 0 Å². The van der Waals surface area contributed by atoms with Gasteiger partial charge in [0.25, 0.3) is 11.8 Å². The second-order valence-electron chi connectivity index (χ2n) is 6.97. The molecule has 0 aliphatic rings. The Morgan fingerprint density at radius 2 is 1.88 bits per heavy atom. The number of pyridine rings is 1. The summed E-state index contributed by atoms with van der Waals surface area (Å²) < 4.78 is 23.2. The molecule has 178 valence electrons. The number of benzene rings is 1. The van der Waals surface area contributed by atoms with Gasteiger partial charge in [-0.05, 0) is 55.0 Å². The van der Waals surface area contributed by atoms with Crippen molar-refractivity contribution in [2.45, 2.75) is 6.92 Å². The quantitative estimate of drug-likeness (QED) is 0.203. The van der Waals surface area contributed by atoms with Crippen LogP contribution in [-0.4, -0.2) is 36.7 Å². The molecule has 0 fully saturated rings. The normalized spacial score (nSPS) is 12.5. The van der Waals surface area contributed by atoms with Crippen LogP contribution in [0.5, 0.6) is 0 Å². The number of carbonyl (C=O) groups is 2. The SMILES string of the molecule is C=C(Cl)/C(=C\C=C(/C)S(C)(=O)=O)C(=O)Nc1ccc(Cl)c(-c2ccc(/C=C/C(=O)NO)cn2)c1. The summed E-state index contributed by atoms with van der Waals surface area (Å²) >= 11 is 12.3. The van der Waals surface area contributed by atoms with E-state index in [4.69, 9.17) is 28.4 Å². The second kappa shape index (κ2) is 11.8. The average molecular weight is 522 g/mol. The number of halogens is 2. The van der Waals surface area contributed by atoms with Crippen LogP contribution in [0, 0.1) is 0 Å². The molecule has 3 N–H and O–H groups in total. The van der Waals surface area contributed by atoms with Crippen LogP contribution in [0.15, 0.2) is 76.8 Å². The van der Waals surface area contributed by atoms with Gasteiger partial charge in [0.15, 0.2) is 9.84 Å². The van der Waals surface area contributed by atoms with E-state index in [1.807, 2.05) is 0 Å². The van der Waals surface area contributed by atoms with E-state index < -0.39 is 21.7 Å². The van der Waals surface area contributed by atoms with Crippen LogP contribution in [0.4, 0.5) is 5.69 Å². The van der Waals surface area contributed by atoms with Gasteiger partial charge in [-0.15, -0.1) is 0 Å². The van der Waals surface area contributed by atoms with Crippen molar-refractivity contribution in [2.24, 2.45) is 0 Å². The van der Waals surface area contributed by atoms with E-state index >= 15 is 0 Å². The largest absolute Gasteiger partial charge is 0.322 e. The number of hydroxylamine groups is 1. The van der Waals surface area contributed by atoms with Crippen LogP contribution in [0.1, 0.15) is 12.5 Å². The summed E-state index contributed by atoms with van der Waals surface area (Å²) in [5.41, 5.74) is 3.52. The van der Waals surface area contributed by atoms with E-state index in [0.29, 0.717) is 27.5 Å². The molecule has 2 aromatic rings. The van der Waals surface area contributed by atoms with E-state index in [0.717, 1.165) is 12.3 Å². The fourth-order valence-corrected chi connectivity index (χ4v) is 3.16. The van der Waals surface area contributed by atoms with Gasteiger partial charge in [0.05, 0.1) is 16.3 Å². The number of nitrogens with one attached hydrogen (secondary N) is 2. The number of anilines is 1. The van der Waals surface area contributed by atoms with Crippen molar-refractivity contribution in [3.63, 3.8) is 0 Å². The van der Waals surface area contributed by atoms with E-state index in [-0.39, 0.29) is 15.5 Å². The van der Waals surface area contributed by atoms with Crippen LogP contribution < -0.4 is 10.8 Å². The Bertz CT molecular complexity index is 1310. The molecule has 1 aromatic carbocycles. The molecular formula is C23H21Cl2N3O5S. The monoisotopic (exact) mass is 521 g/mol. The van der Waals surface area contributed by atoms with Crippen LogP contribution in [-0.2, 0) is 19.4 Å². The molecule has 2 rings (SSSR count). The molecule has 0 saturated carbocycles. The number of allylic oxidation sites excluding steroid dienone is 3. The minimum absolute atomic E-state index is 0.0117. The molecule has 8 nitrogen and oxygen atoms in total. The molecule has 0 aliphatic heterocycles. The number of hydrogen-bond acceptors (Lipinski definition) is 6. The first-order valence-electron chi connectivity index (χ1n) is 9.55. The van der Waals surface area contributed by atoms with Crippen molar-refractivity contribution in [1.29, 1.82) is 0 Å². The lowest BCUT2D eigenvalue weighted by Gasteiger charge is -2.11. The second-order valence-corrected chi connectivity index (χ2v) is 10.0. The first-order valence-corrected chi connectivity index (χ1v) is 12.2. The highest BCUT2D eigenvalue weighted by atomic mass is 35.5. The molecule has 0 radical (unpaired) electrons. The lowest BCUT2D eigenvalue weighted by atomic mass is 10.1. The van der Waals surface area contributed by atoms with Gasteiger partial charge in [0.1, 0.15) is 0 Å². The Hall–Kier alpha value is -3.24. The number of aromatic nitrogens is 1. The zero-order chi connectivity index (χ0) is 25.5. The summed E-state index contributed by atoms with van der Waals surface area (Å²) in [4.78, 5) is 28.2. The molecule has 0 bridgehead atoms. The third-order valence-corrected chi connectivity index (χ3v) is 6.27. The van der Waals surface area contributed by atoms with E-state index in [2.05, 4.69) is 16.9 Å². The highest BCUT2D eigenvalue weighted by Gasteiger charge is 2.14. The Labute approximate surface area is 207 Å². The molecule has 1 aromatic heterocycles. The van der Waals surface area contributed by atoms with Crippen molar-refractivity contribution >= 4 is 56.6 Å². The lowest BCUT2D eigenvalue weighted by Crippen LogP contribution is -2.14. The Kier molecular flexibility index (Phi) is 9.34. The highest BCUT2D eigenvalue weighted by molar-refractivity contribution is 7.94. The van der Waals surface area contributed by atoms with Crippen LogP contribution in [0.2, 0.25) is 5.02 Å². The van der Waals surface area contributed by atoms with Gasteiger partial charge in [0, 0.05) is 39.7 Å². The summed E-state index contributed by atoms with van der Waals surface area (Å²) in [5, 5.41) is 11.5. The van der Waals surface area contributed by atoms with Gasteiger partial charge in [-0.1, -0.05) is 35.8 Å². The van der Waals surface area contributed by atoms with Gasteiger partial charge in [-0.2, -0.15) is 0 Å². The third kappa shape index (κ3) is 7.67. The van der Waals surface area contributed by atoms with Crippen molar-refractivity contribution in [3.8, 4) is 11.3 Å². The predicted molar refractivity (Wildman–Crippen MR) is 134 cm³/mol. The molecule has 34 heavy (non-hydrogen) atoms. The summed E-state index contributed by atoms with van der Waals surface area (Å²) in [7, 11) is -3.41. The fourth-order valence-electron chi connectivity index (χ4n) is 2.48. The maximum Gasteiger partial charge on any atom is 0.267 e. The highest BCUT2D eigenvalue weighted by Crippen LogP contribution is 2.30. The number of nitrogens with zero attached hydrogens (tertiary/aromatic N) is 1. The van der Waals surface area contributed by atoms with Crippen LogP contribution in [0.25, 0.3) is 17.3 Å². The Morgan fingerprint density at radius 1 is 1.18 bits per heavy atom. The fraction of sp³-hybridized carbons (Fsp3) is 0.0870. The summed E-state index contributed by atoms with van der Waals surface area (Å²) in [6, 6.07) is 8.15. The summed E-state index contributed by atoms with van der Waals surface area (Å²) in [6.45, 7) is 4.96. The van der Waals surface area contributed by atoms with Crippen molar-refractivity contribution in [2.75, 3.05) is 11.6 Å². The van der Waals surface area contributed by atoms with Crippen molar-refractivity contribution in [3.05, 3.63) is 87.4 Å². The maximum atomic E-state index is 12.7. The molecule has 0 aliphatic carbocycles. The first kappa shape index (κ1) is 27.0. The van der Waals surface area contributed by atoms with E-state index in [1.54, 1.807) is 30.3 Å². The average Bonchev–Trinajstić information content (AvgIpc) is 2.78. The molecule has 11 heteroatoms. The molecule has 0 unspecified atom stereocenters. The van der Waals surface area contributed by atoms with Gasteiger partial charge in [-0.3, -0.25) is 19.8 Å². The number of rotatable bonds is 8. The Balaban J connectivity index is 2.30. The lowest BCUT2D eigenvalue weighted by molar-refractivity contribution is -0.124. The van der Waals surface area contributed by atoms with Crippen molar-refractivity contribution < 1.29 is 23.2 Å². The number of sulfone groups is 1.